The molecule has 5 atom stereocenters. The minimum atomic E-state index is -0.450. The SMILES string of the molecule is CC[C@@H]1Oc2cc([C@H](C)NC(=O)[C@@H]3C[C@H]4C=C[C@H]3C4)ccc2NC1=O. The summed E-state index contributed by atoms with van der Waals surface area (Å²) in [4.78, 5) is 24.5. The van der Waals surface area contributed by atoms with Crippen LogP contribution in [-0.4, -0.2) is 17.9 Å². The third kappa shape index (κ3) is 2.92. The number of benzene rings is 1. The van der Waals surface area contributed by atoms with Crippen molar-refractivity contribution in [2.24, 2.45) is 17.8 Å². The fourth-order valence-electron chi connectivity index (χ4n) is 4.18. The van der Waals surface area contributed by atoms with Crippen LogP contribution in [0.1, 0.15) is 44.7 Å². The quantitative estimate of drug-likeness (QED) is 0.827. The van der Waals surface area contributed by atoms with Gasteiger partial charge < -0.3 is 15.4 Å². The molecule has 2 bridgehead atoms. The zero-order chi connectivity index (χ0) is 17.6. The first-order valence-corrected chi connectivity index (χ1v) is 9.15. The fourth-order valence-corrected chi connectivity index (χ4v) is 4.18. The number of carbonyl (C=O) groups excluding carboxylic acids is 2. The molecule has 0 radical (unpaired) electrons. The van der Waals surface area contributed by atoms with E-state index in [0.29, 0.717) is 29.7 Å². The summed E-state index contributed by atoms with van der Waals surface area (Å²) < 4.78 is 5.80. The number of allylic oxidation sites excluding steroid dienone is 2. The molecule has 0 saturated heterocycles. The van der Waals surface area contributed by atoms with Crippen LogP contribution < -0.4 is 15.4 Å². The normalized spacial score (nSPS) is 30.4. The van der Waals surface area contributed by atoms with Crippen molar-refractivity contribution in [3.63, 3.8) is 0 Å². The Hall–Kier alpha value is -2.30. The lowest BCUT2D eigenvalue weighted by Gasteiger charge is -2.27. The van der Waals surface area contributed by atoms with Crippen molar-refractivity contribution >= 4 is 17.5 Å². The van der Waals surface area contributed by atoms with Gasteiger partial charge in [0, 0.05) is 5.92 Å². The largest absolute Gasteiger partial charge is 0.478 e. The number of carbonyl (C=O) groups is 2. The van der Waals surface area contributed by atoms with Gasteiger partial charge in [-0.25, -0.2) is 0 Å². The summed E-state index contributed by atoms with van der Waals surface area (Å²) in [5, 5.41) is 6.02. The molecule has 1 saturated carbocycles. The lowest BCUT2D eigenvalue weighted by atomic mass is 9.92. The summed E-state index contributed by atoms with van der Waals surface area (Å²) in [5.41, 5.74) is 1.67. The first-order chi connectivity index (χ1) is 12.0. The van der Waals surface area contributed by atoms with Crippen LogP contribution in [0.15, 0.2) is 30.4 Å². The van der Waals surface area contributed by atoms with Crippen molar-refractivity contribution in [2.75, 3.05) is 5.32 Å². The molecule has 0 unspecified atom stereocenters. The Bertz CT molecular complexity index is 742. The van der Waals surface area contributed by atoms with Gasteiger partial charge in [-0.15, -0.1) is 0 Å². The lowest BCUT2D eigenvalue weighted by molar-refractivity contribution is -0.126. The number of rotatable bonds is 4. The van der Waals surface area contributed by atoms with Gasteiger partial charge in [0.05, 0.1) is 11.7 Å². The van der Waals surface area contributed by atoms with E-state index >= 15 is 0 Å². The number of anilines is 1. The Balaban J connectivity index is 1.46. The van der Waals surface area contributed by atoms with Gasteiger partial charge in [0.15, 0.2) is 6.10 Å². The summed E-state index contributed by atoms with van der Waals surface area (Å²) in [6.07, 6.45) is 6.71. The van der Waals surface area contributed by atoms with Crippen LogP contribution in [0.5, 0.6) is 5.75 Å². The Kier molecular flexibility index (Phi) is 4.02. The van der Waals surface area contributed by atoms with Crippen LogP contribution in [0.4, 0.5) is 5.69 Å². The summed E-state index contributed by atoms with van der Waals surface area (Å²) in [6, 6.07) is 5.60. The minimum absolute atomic E-state index is 0.0952. The molecular formula is C20H24N2O3. The van der Waals surface area contributed by atoms with E-state index in [4.69, 9.17) is 4.74 Å². The van der Waals surface area contributed by atoms with Gasteiger partial charge in [0.25, 0.3) is 5.91 Å². The summed E-state index contributed by atoms with van der Waals surface area (Å²) in [7, 11) is 0. The highest BCUT2D eigenvalue weighted by atomic mass is 16.5. The standard InChI is InChI=1S/C20H24N2O3/c1-3-17-20(24)22-16-7-6-13(10-18(16)25-17)11(2)21-19(23)15-9-12-4-5-14(15)8-12/h4-7,10-12,14-15,17H,3,8-9H2,1-2H3,(H,21,23)(H,22,24)/t11-,12-,14-,15+,17-/m0/s1. The Morgan fingerprint density at radius 3 is 2.88 bits per heavy atom. The van der Waals surface area contributed by atoms with E-state index in [9.17, 15) is 9.59 Å². The third-order valence-electron chi connectivity index (χ3n) is 5.67. The summed E-state index contributed by atoms with van der Waals surface area (Å²) in [6.45, 7) is 3.91. The average Bonchev–Trinajstić information content (AvgIpc) is 3.24. The van der Waals surface area contributed by atoms with Gasteiger partial charge in [-0.1, -0.05) is 25.1 Å². The van der Waals surface area contributed by atoms with Crippen LogP contribution in [0.2, 0.25) is 0 Å². The average molecular weight is 340 g/mol. The van der Waals surface area contributed by atoms with E-state index in [2.05, 4.69) is 22.8 Å². The molecule has 0 spiro atoms. The molecule has 5 heteroatoms. The monoisotopic (exact) mass is 340 g/mol. The molecule has 2 N–H and O–H groups in total. The van der Waals surface area contributed by atoms with Crippen molar-refractivity contribution in [1.29, 1.82) is 0 Å². The number of hydrogen-bond acceptors (Lipinski definition) is 3. The first-order valence-electron chi connectivity index (χ1n) is 9.15. The molecule has 132 valence electrons. The minimum Gasteiger partial charge on any atom is -0.478 e. The molecule has 1 aromatic rings. The van der Waals surface area contributed by atoms with Crippen LogP contribution in [0.25, 0.3) is 0 Å². The molecule has 2 amide bonds. The first kappa shape index (κ1) is 16.2. The predicted octanol–water partition coefficient (Wildman–Crippen LogP) is 3.19. The van der Waals surface area contributed by atoms with Crippen molar-refractivity contribution in [3.05, 3.63) is 35.9 Å². The molecule has 4 rings (SSSR count). The molecule has 25 heavy (non-hydrogen) atoms. The molecule has 1 fully saturated rings. The Morgan fingerprint density at radius 2 is 2.20 bits per heavy atom. The van der Waals surface area contributed by atoms with Crippen molar-refractivity contribution in [3.8, 4) is 5.75 Å². The van der Waals surface area contributed by atoms with Crippen LogP contribution in [0.3, 0.4) is 0 Å². The van der Waals surface area contributed by atoms with Crippen molar-refractivity contribution < 1.29 is 14.3 Å². The van der Waals surface area contributed by atoms with Gasteiger partial charge in [0.1, 0.15) is 5.75 Å². The van der Waals surface area contributed by atoms with E-state index in [-0.39, 0.29) is 23.8 Å². The number of hydrogen-bond donors (Lipinski definition) is 2. The van der Waals surface area contributed by atoms with Crippen LogP contribution >= 0.6 is 0 Å². The highest BCUT2D eigenvalue weighted by molar-refractivity contribution is 5.97. The number of fused-ring (bicyclic) bond motifs is 3. The maximum atomic E-state index is 12.6. The Morgan fingerprint density at radius 1 is 1.36 bits per heavy atom. The fraction of sp³-hybridized carbons (Fsp3) is 0.500. The van der Waals surface area contributed by atoms with E-state index in [0.717, 1.165) is 18.4 Å². The second-order valence-corrected chi connectivity index (χ2v) is 7.38. The summed E-state index contributed by atoms with van der Waals surface area (Å²) >= 11 is 0. The summed E-state index contributed by atoms with van der Waals surface area (Å²) in [5.74, 6) is 1.81. The second kappa shape index (κ2) is 6.21. The highest BCUT2D eigenvalue weighted by Crippen LogP contribution is 2.43. The van der Waals surface area contributed by atoms with Gasteiger partial charge in [-0.2, -0.15) is 0 Å². The number of nitrogens with one attached hydrogen (secondary N) is 2. The third-order valence-corrected chi connectivity index (χ3v) is 5.67. The molecule has 3 aliphatic rings. The smallest absolute Gasteiger partial charge is 0.265 e. The molecule has 0 aromatic heterocycles. The predicted molar refractivity (Wildman–Crippen MR) is 95.2 cm³/mol. The van der Waals surface area contributed by atoms with Crippen LogP contribution in [0, 0.1) is 17.8 Å². The van der Waals surface area contributed by atoms with Gasteiger partial charge in [-0.05, 0) is 55.7 Å². The van der Waals surface area contributed by atoms with Crippen LogP contribution in [-0.2, 0) is 9.59 Å². The van der Waals surface area contributed by atoms with E-state index in [1.54, 1.807) is 0 Å². The molecule has 1 aliphatic heterocycles. The zero-order valence-corrected chi connectivity index (χ0v) is 14.6. The van der Waals surface area contributed by atoms with Gasteiger partial charge >= 0.3 is 0 Å². The highest BCUT2D eigenvalue weighted by Gasteiger charge is 2.40. The zero-order valence-electron chi connectivity index (χ0n) is 14.6. The van der Waals surface area contributed by atoms with Gasteiger partial charge in [-0.3, -0.25) is 9.59 Å². The molecule has 5 nitrogen and oxygen atoms in total. The lowest BCUT2D eigenvalue weighted by Crippen LogP contribution is -2.37. The maximum absolute atomic E-state index is 12.6. The molecule has 2 aliphatic carbocycles. The van der Waals surface area contributed by atoms with Gasteiger partial charge in [0.2, 0.25) is 5.91 Å². The topological polar surface area (TPSA) is 67.4 Å². The van der Waals surface area contributed by atoms with E-state index < -0.39 is 6.10 Å². The molecular weight excluding hydrogens is 316 g/mol. The van der Waals surface area contributed by atoms with E-state index in [1.165, 1.54) is 0 Å². The molecule has 1 aromatic carbocycles. The van der Waals surface area contributed by atoms with E-state index in [1.807, 2.05) is 32.0 Å². The second-order valence-electron chi connectivity index (χ2n) is 7.38. The molecule has 1 heterocycles. The Labute approximate surface area is 147 Å². The maximum Gasteiger partial charge on any atom is 0.265 e. The van der Waals surface area contributed by atoms with Crippen molar-refractivity contribution in [2.45, 2.75) is 45.3 Å². The van der Waals surface area contributed by atoms with Crippen molar-refractivity contribution in [1.82, 2.24) is 5.32 Å². The number of ether oxygens (including phenoxy) is 1. The number of amides is 2.